The number of hydrogen-bond acceptors (Lipinski definition) is 3. The average Bonchev–Trinajstić information content (AvgIpc) is 2.43. The fourth-order valence-electron chi connectivity index (χ4n) is 1.60. The van der Waals surface area contributed by atoms with Gasteiger partial charge in [0, 0.05) is 15.7 Å². The third kappa shape index (κ3) is 3.32. The number of nitro groups is 1. The Balaban J connectivity index is 2.37. The number of amides is 1. The lowest BCUT2D eigenvalue weighted by Gasteiger charge is -2.08. The number of halogens is 3. The minimum absolute atomic E-state index is 0.0348. The molecule has 0 fully saturated rings. The second-order valence-electron chi connectivity index (χ2n) is 3.97. The molecular formula is C13H7F2IN2O3. The Bertz CT molecular complexity index is 717. The van der Waals surface area contributed by atoms with Crippen LogP contribution in [0, 0.1) is 25.3 Å². The van der Waals surface area contributed by atoms with E-state index in [2.05, 4.69) is 5.32 Å². The van der Waals surface area contributed by atoms with Crippen LogP contribution in [0.1, 0.15) is 10.4 Å². The van der Waals surface area contributed by atoms with Crippen LogP contribution in [0.4, 0.5) is 20.2 Å². The molecule has 0 radical (unpaired) electrons. The summed E-state index contributed by atoms with van der Waals surface area (Å²) in [5, 5.41) is 12.8. The lowest BCUT2D eigenvalue weighted by Crippen LogP contribution is -2.16. The van der Waals surface area contributed by atoms with Gasteiger partial charge in [0.05, 0.1) is 10.5 Å². The number of carbonyl (C=O) groups excluding carboxylic acids is 1. The first-order chi connectivity index (χ1) is 9.90. The molecule has 0 bridgehead atoms. The number of para-hydroxylation sites is 1. The van der Waals surface area contributed by atoms with E-state index in [-0.39, 0.29) is 11.3 Å². The molecule has 2 aromatic rings. The van der Waals surface area contributed by atoms with E-state index in [0.29, 0.717) is 3.57 Å². The van der Waals surface area contributed by atoms with Gasteiger partial charge in [-0.15, -0.1) is 0 Å². The lowest BCUT2D eigenvalue weighted by atomic mass is 10.2. The third-order valence-electron chi connectivity index (χ3n) is 2.61. The predicted molar refractivity (Wildman–Crippen MR) is 80.1 cm³/mol. The SMILES string of the molecule is O=C(Nc1c(F)cccc1F)c1cc([N+](=O)[O-])ccc1I. The number of benzene rings is 2. The van der Waals surface area contributed by atoms with Crippen LogP contribution in [-0.2, 0) is 0 Å². The first-order valence-corrected chi connectivity index (χ1v) is 6.67. The summed E-state index contributed by atoms with van der Waals surface area (Å²) in [6.45, 7) is 0. The maximum Gasteiger partial charge on any atom is 0.270 e. The average molecular weight is 404 g/mol. The normalized spacial score (nSPS) is 10.2. The number of nitrogens with zero attached hydrogens (tertiary/aromatic N) is 1. The van der Waals surface area contributed by atoms with E-state index in [1.54, 1.807) is 22.6 Å². The van der Waals surface area contributed by atoms with Crippen molar-refractivity contribution in [1.29, 1.82) is 0 Å². The molecule has 108 valence electrons. The van der Waals surface area contributed by atoms with Gasteiger partial charge in [0.25, 0.3) is 11.6 Å². The van der Waals surface area contributed by atoms with Gasteiger partial charge in [-0.2, -0.15) is 0 Å². The molecule has 0 heterocycles. The molecule has 0 saturated heterocycles. The summed E-state index contributed by atoms with van der Waals surface area (Å²) in [5.74, 6) is -2.68. The Kier molecular flexibility index (Phi) is 4.46. The van der Waals surface area contributed by atoms with Gasteiger partial charge in [0.15, 0.2) is 0 Å². The quantitative estimate of drug-likeness (QED) is 0.482. The van der Waals surface area contributed by atoms with E-state index >= 15 is 0 Å². The molecule has 0 aliphatic carbocycles. The van der Waals surface area contributed by atoms with Crippen molar-refractivity contribution in [3.8, 4) is 0 Å². The van der Waals surface area contributed by atoms with Gasteiger partial charge in [-0.3, -0.25) is 14.9 Å². The maximum absolute atomic E-state index is 13.5. The van der Waals surface area contributed by atoms with Crippen molar-refractivity contribution in [3.05, 3.63) is 67.3 Å². The van der Waals surface area contributed by atoms with Crippen molar-refractivity contribution >= 4 is 39.9 Å². The van der Waals surface area contributed by atoms with E-state index in [0.717, 1.165) is 24.3 Å². The molecule has 0 unspecified atom stereocenters. The van der Waals surface area contributed by atoms with Gasteiger partial charge >= 0.3 is 0 Å². The van der Waals surface area contributed by atoms with E-state index < -0.39 is 28.2 Å². The van der Waals surface area contributed by atoms with Crippen molar-refractivity contribution in [2.75, 3.05) is 5.32 Å². The minimum atomic E-state index is -0.927. The molecule has 0 aliphatic heterocycles. The van der Waals surface area contributed by atoms with E-state index in [4.69, 9.17) is 0 Å². The third-order valence-corrected chi connectivity index (χ3v) is 3.55. The van der Waals surface area contributed by atoms with Gasteiger partial charge in [0.1, 0.15) is 17.3 Å². The number of hydrogen-bond donors (Lipinski definition) is 1. The zero-order valence-corrected chi connectivity index (χ0v) is 12.4. The number of anilines is 1. The van der Waals surface area contributed by atoms with Crippen molar-refractivity contribution in [2.24, 2.45) is 0 Å². The van der Waals surface area contributed by atoms with Crippen molar-refractivity contribution in [1.82, 2.24) is 0 Å². The number of nitrogens with one attached hydrogen (secondary N) is 1. The van der Waals surface area contributed by atoms with E-state index in [9.17, 15) is 23.7 Å². The molecule has 0 atom stereocenters. The zero-order valence-electron chi connectivity index (χ0n) is 10.3. The molecule has 1 N–H and O–H groups in total. The fraction of sp³-hybridized carbons (Fsp3) is 0. The lowest BCUT2D eigenvalue weighted by molar-refractivity contribution is -0.384. The summed E-state index contributed by atoms with van der Waals surface area (Å²) >= 11 is 1.80. The number of carbonyl (C=O) groups is 1. The molecular weight excluding hydrogens is 397 g/mol. The minimum Gasteiger partial charge on any atom is -0.317 e. The molecule has 2 aromatic carbocycles. The monoisotopic (exact) mass is 404 g/mol. The molecule has 8 heteroatoms. The molecule has 1 amide bonds. The van der Waals surface area contributed by atoms with Crippen molar-refractivity contribution in [3.63, 3.8) is 0 Å². The maximum atomic E-state index is 13.5. The number of nitro benzene ring substituents is 1. The Labute approximate surface area is 131 Å². The number of rotatable bonds is 3. The fourth-order valence-corrected chi connectivity index (χ4v) is 2.18. The van der Waals surface area contributed by atoms with Crippen LogP contribution in [0.2, 0.25) is 0 Å². The smallest absolute Gasteiger partial charge is 0.270 e. The highest BCUT2D eigenvalue weighted by Gasteiger charge is 2.18. The Morgan fingerprint density at radius 1 is 1.19 bits per heavy atom. The summed E-state index contributed by atoms with van der Waals surface area (Å²) in [4.78, 5) is 22.1. The van der Waals surface area contributed by atoms with Crippen LogP contribution in [0.25, 0.3) is 0 Å². The Hall–Kier alpha value is -2.10. The zero-order chi connectivity index (χ0) is 15.6. The van der Waals surface area contributed by atoms with Crippen LogP contribution in [0.15, 0.2) is 36.4 Å². The van der Waals surface area contributed by atoms with Gasteiger partial charge in [-0.1, -0.05) is 6.07 Å². The number of non-ortho nitro benzene ring substituents is 1. The standard InChI is InChI=1S/C13H7F2IN2O3/c14-9-2-1-3-10(15)12(9)17-13(19)8-6-7(18(20)21)4-5-11(8)16/h1-6H,(H,17,19). The van der Waals surface area contributed by atoms with Crippen LogP contribution >= 0.6 is 22.6 Å². The summed E-state index contributed by atoms with van der Waals surface area (Å²) in [5.41, 5.74) is -0.910. The molecule has 5 nitrogen and oxygen atoms in total. The summed E-state index contributed by atoms with van der Waals surface area (Å²) in [6.07, 6.45) is 0. The van der Waals surface area contributed by atoms with Gasteiger partial charge in [-0.25, -0.2) is 8.78 Å². The van der Waals surface area contributed by atoms with Crippen molar-refractivity contribution in [2.45, 2.75) is 0 Å². The Morgan fingerprint density at radius 2 is 1.81 bits per heavy atom. The Morgan fingerprint density at radius 3 is 2.38 bits per heavy atom. The first-order valence-electron chi connectivity index (χ1n) is 5.59. The molecule has 21 heavy (non-hydrogen) atoms. The summed E-state index contributed by atoms with van der Waals surface area (Å²) in [7, 11) is 0. The predicted octanol–water partition coefficient (Wildman–Crippen LogP) is 3.73. The van der Waals surface area contributed by atoms with E-state index in [1.165, 1.54) is 12.1 Å². The van der Waals surface area contributed by atoms with Crippen LogP contribution in [-0.4, -0.2) is 10.8 Å². The summed E-state index contributed by atoms with van der Waals surface area (Å²) in [6, 6.07) is 6.83. The van der Waals surface area contributed by atoms with Crippen LogP contribution in [0.5, 0.6) is 0 Å². The largest absolute Gasteiger partial charge is 0.317 e. The summed E-state index contributed by atoms with van der Waals surface area (Å²) < 4.78 is 27.4. The highest BCUT2D eigenvalue weighted by Crippen LogP contribution is 2.23. The van der Waals surface area contributed by atoms with E-state index in [1.807, 2.05) is 0 Å². The second-order valence-corrected chi connectivity index (χ2v) is 5.13. The molecule has 2 rings (SSSR count). The van der Waals surface area contributed by atoms with Crippen molar-refractivity contribution < 1.29 is 18.5 Å². The highest BCUT2D eigenvalue weighted by molar-refractivity contribution is 14.1. The molecule has 0 saturated carbocycles. The second kappa shape index (κ2) is 6.12. The van der Waals surface area contributed by atoms with Crippen LogP contribution < -0.4 is 5.32 Å². The van der Waals surface area contributed by atoms with Gasteiger partial charge in [0.2, 0.25) is 0 Å². The van der Waals surface area contributed by atoms with Crippen LogP contribution in [0.3, 0.4) is 0 Å². The topological polar surface area (TPSA) is 72.2 Å². The molecule has 0 spiro atoms. The van der Waals surface area contributed by atoms with Gasteiger partial charge in [-0.05, 0) is 40.8 Å². The molecule has 0 aliphatic rings. The first kappa shape index (κ1) is 15.3. The van der Waals surface area contributed by atoms with Gasteiger partial charge < -0.3 is 5.32 Å². The molecule has 0 aromatic heterocycles. The highest BCUT2D eigenvalue weighted by atomic mass is 127.